The van der Waals surface area contributed by atoms with E-state index in [1.165, 1.54) is 53.4 Å². The van der Waals surface area contributed by atoms with Crippen LogP contribution in [0.1, 0.15) is 0 Å². The molecule has 82 heavy (non-hydrogen) atoms. The van der Waals surface area contributed by atoms with Gasteiger partial charge < -0.3 is 13.6 Å². The van der Waals surface area contributed by atoms with E-state index in [-0.39, 0.29) is 0 Å². The van der Waals surface area contributed by atoms with Gasteiger partial charge in [0.15, 0.2) is 8.07 Å². The van der Waals surface area contributed by atoms with Crippen molar-refractivity contribution >= 4 is 94.4 Å². The van der Waals surface area contributed by atoms with Crippen LogP contribution in [0.15, 0.2) is 320 Å². The Labute approximate surface area is 476 Å². The van der Waals surface area contributed by atoms with Crippen molar-refractivity contribution in [3.63, 3.8) is 0 Å². The summed E-state index contributed by atoms with van der Waals surface area (Å²) in [6.45, 7) is 0. The largest absolute Gasteiger partial charge is 0.455 e. The fourth-order valence-electron chi connectivity index (χ4n) is 13.6. The molecular weight excluding hydrogens is 1010 g/mol. The number of nitrogens with zero attached hydrogens (tertiary/aromatic N) is 2. The Hall–Kier alpha value is -10.5. The fraction of sp³-hybridized carbons (Fsp3) is 0. The van der Waals surface area contributed by atoms with E-state index in [4.69, 9.17) is 4.42 Å². The first kappa shape index (κ1) is 47.5. The molecular formula is C78H52N2OSi. The predicted octanol–water partition coefficient (Wildman–Crippen LogP) is 17.8. The molecule has 16 rings (SSSR count). The molecule has 0 spiro atoms. The van der Waals surface area contributed by atoms with Crippen molar-refractivity contribution in [1.29, 1.82) is 0 Å². The minimum atomic E-state index is -3.02. The molecule has 0 N–H and O–H groups in total. The Morgan fingerprint density at radius 2 is 0.683 bits per heavy atom. The van der Waals surface area contributed by atoms with Crippen molar-refractivity contribution < 1.29 is 4.42 Å². The summed E-state index contributed by atoms with van der Waals surface area (Å²) < 4.78 is 11.8. The molecule has 0 fully saturated rings. The second-order valence-corrected chi connectivity index (χ2v) is 25.2. The van der Waals surface area contributed by atoms with E-state index < -0.39 is 8.07 Å². The zero-order valence-corrected chi connectivity index (χ0v) is 45.8. The molecule has 0 aliphatic rings. The third-order valence-corrected chi connectivity index (χ3v) is 21.8. The molecule has 0 aliphatic heterocycles. The van der Waals surface area contributed by atoms with Gasteiger partial charge in [-0.2, -0.15) is 0 Å². The lowest BCUT2D eigenvalue weighted by Gasteiger charge is -2.36. The third-order valence-electron chi connectivity index (χ3n) is 17.1. The van der Waals surface area contributed by atoms with Crippen LogP contribution in [-0.4, -0.2) is 17.2 Å². The van der Waals surface area contributed by atoms with Gasteiger partial charge in [-0.25, -0.2) is 0 Å². The summed E-state index contributed by atoms with van der Waals surface area (Å²) in [6.07, 6.45) is 0. The van der Waals surface area contributed by atoms with Crippen LogP contribution in [0.5, 0.6) is 0 Å². The van der Waals surface area contributed by atoms with Gasteiger partial charge in [0.1, 0.15) is 11.2 Å². The van der Waals surface area contributed by atoms with Crippen LogP contribution in [0.2, 0.25) is 0 Å². The maximum atomic E-state index is 6.70. The second kappa shape index (κ2) is 19.4. The molecule has 0 atom stereocenters. The van der Waals surface area contributed by atoms with Gasteiger partial charge >= 0.3 is 0 Å². The lowest BCUT2D eigenvalue weighted by Crippen LogP contribution is -2.74. The zero-order chi connectivity index (χ0) is 54.1. The molecule has 384 valence electrons. The first-order valence-electron chi connectivity index (χ1n) is 28.2. The Bertz CT molecular complexity index is 4920. The third kappa shape index (κ3) is 7.35. The molecule has 13 aromatic carbocycles. The first-order chi connectivity index (χ1) is 40.7. The Morgan fingerprint density at radius 1 is 0.256 bits per heavy atom. The summed E-state index contributed by atoms with van der Waals surface area (Å²) >= 11 is 0. The van der Waals surface area contributed by atoms with Crippen LogP contribution in [0.3, 0.4) is 0 Å². The number of hydrogen-bond donors (Lipinski definition) is 0. The number of para-hydroxylation sites is 5. The fourth-order valence-corrected chi connectivity index (χ4v) is 18.4. The molecule has 3 nitrogen and oxygen atoms in total. The molecule has 0 radical (unpaired) electrons. The normalized spacial score (nSPS) is 11.9. The molecule has 0 amide bonds. The topological polar surface area (TPSA) is 23.0 Å². The van der Waals surface area contributed by atoms with Crippen LogP contribution < -0.4 is 20.7 Å². The highest BCUT2D eigenvalue weighted by Crippen LogP contribution is 2.46. The monoisotopic (exact) mass is 1060 g/mol. The molecule has 0 saturated carbocycles. The van der Waals surface area contributed by atoms with Gasteiger partial charge in [0.2, 0.25) is 0 Å². The SMILES string of the molecule is c1ccc(-c2cc([Si](c3ccccc3)(c3ccccc3)c3ccccc3)cc(-c3ccccc3)c2-n2c3ccccc3c3cc(-n4c5ccccc5c5cccc(-c6ccccc6-c6cccc7c6oc6ccccc67)c54)ccc32)cc1. The maximum Gasteiger partial charge on any atom is 0.179 e. The Balaban J connectivity index is 0.972. The van der Waals surface area contributed by atoms with Gasteiger partial charge in [-0.15, -0.1) is 0 Å². The second-order valence-electron chi connectivity index (χ2n) is 21.4. The summed E-state index contributed by atoms with van der Waals surface area (Å²) in [6, 6.07) is 117. The van der Waals surface area contributed by atoms with Crippen molar-refractivity contribution in [2.75, 3.05) is 0 Å². The highest BCUT2D eigenvalue weighted by Gasteiger charge is 2.42. The van der Waals surface area contributed by atoms with E-state index >= 15 is 0 Å². The highest BCUT2D eigenvalue weighted by molar-refractivity contribution is 7.20. The zero-order valence-electron chi connectivity index (χ0n) is 44.8. The number of hydrogen-bond acceptors (Lipinski definition) is 1. The van der Waals surface area contributed by atoms with Crippen molar-refractivity contribution in [3.8, 4) is 55.9 Å². The first-order valence-corrected chi connectivity index (χ1v) is 30.2. The summed E-state index contributed by atoms with van der Waals surface area (Å²) in [5.41, 5.74) is 17.8. The number of furan rings is 1. The molecule has 0 unspecified atom stereocenters. The summed E-state index contributed by atoms with van der Waals surface area (Å²) in [5, 5.41) is 12.3. The van der Waals surface area contributed by atoms with E-state index in [0.29, 0.717) is 0 Å². The standard InChI is InChI=1S/C78H52N2OSi/c1-6-26-53(27-7-1)69-51-59(82(56-30-10-3-11-31-56,57-32-12-4-13-33-57)58-34-14-5-15-35-58)52-70(54-28-8-2-9-29-54)77(69)80-73-46-22-19-39-63(73)71-50-55(48-49-74(71)80)79-72-45-21-18-38-62(72)66-42-24-41-65(76(66)79)60-36-16-17-37-61(60)67-43-25-44-68-64-40-20-23-47-75(64)81-78(67)68/h1-52H. The number of benzene rings is 13. The molecule has 16 aromatic rings. The van der Waals surface area contributed by atoms with E-state index in [9.17, 15) is 0 Å². The number of rotatable bonds is 10. The van der Waals surface area contributed by atoms with Gasteiger partial charge in [0.05, 0.1) is 27.8 Å². The van der Waals surface area contributed by atoms with Crippen molar-refractivity contribution in [2.45, 2.75) is 0 Å². The average molecular weight is 1060 g/mol. The van der Waals surface area contributed by atoms with Gasteiger partial charge in [-0.1, -0.05) is 279 Å². The van der Waals surface area contributed by atoms with Crippen LogP contribution >= 0.6 is 0 Å². The molecule has 0 aliphatic carbocycles. The molecule has 3 aromatic heterocycles. The van der Waals surface area contributed by atoms with Crippen LogP contribution in [0, 0.1) is 0 Å². The maximum absolute atomic E-state index is 6.70. The summed E-state index contributed by atoms with van der Waals surface area (Å²) in [4.78, 5) is 0. The summed E-state index contributed by atoms with van der Waals surface area (Å²) in [7, 11) is -3.02. The lowest BCUT2D eigenvalue weighted by atomic mass is 9.92. The van der Waals surface area contributed by atoms with Crippen molar-refractivity contribution in [3.05, 3.63) is 315 Å². The Kier molecular flexibility index (Phi) is 11.2. The minimum absolute atomic E-state index is 0.892. The molecule has 0 saturated heterocycles. The molecule has 4 heteroatoms. The van der Waals surface area contributed by atoms with Crippen LogP contribution in [0.25, 0.3) is 121 Å². The average Bonchev–Trinajstić information content (AvgIpc) is 3.17. The van der Waals surface area contributed by atoms with E-state index in [1.807, 2.05) is 6.07 Å². The lowest BCUT2D eigenvalue weighted by molar-refractivity contribution is 0.670. The molecule has 0 bridgehead atoms. The molecule has 3 heterocycles. The van der Waals surface area contributed by atoms with Gasteiger partial charge in [-0.3, -0.25) is 0 Å². The van der Waals surface area contributed by atoms with E-state index in [0.717, 1.165) is 88.8 Å². The van der Waals surface area contributed by atoms with Gasteiger partial charge in [-0.05, 0) is 79.4 Å². The predicted molar refractivity (Wildman–Crippen MR) is 348 cm³/mol. The van der Waals surface area contributed by atoms with Gasteiger partial charge in [0, 0.05) is 60.3 Å². The Morgan fingerprint density at radius 3 is 1.28 bits per heavy atom. The number of aromatic nitrogens is 2. The van der Waals surface area contributed by atoms with E-state index in [1.54, 1.807) is 0 Å². The van der Waals surface area contributed by atoms with E-state index in [2.05, 4.69) is 319 Å². The summed E-state index contributed by atoms with van der Waals surface area (Å²) in [5.74, 6) is 0. The quantitative estimate of drug-likeness (QED) is 0.0989. The van der Waals surface area contributed by atoms with Crippen molar-refractivity contribution in [1.82, 2.24) is 9.13 Å². The van der Waals surface area contributed by atoms with Crippen LogP contribution in [-0.2, 0) is 0 Å². The highest BCUT2D eigenvalue weighted by atomic mass is 28.3. The minimum Gasteiger partial charge on any atom is -0.455 e. The van der Waals surface area contributed by atoms with Gasteiger partial charge in [0.25, 0.3) is 0 Å². The number of fused-ring (bicyclic) bond motifs is 9. The van der Waals surface area contributed by atoms with Crippen LogP contribution in [0.4, 0.5) is 0 Å². The van der Waals surface area contributed by atoms with Crippen molar-refractivity contribution in [2.24, 2.45) is 0 Å². The smallest absolute Gasteiger partial charge is 0.179 e.